The standard InChI is InChI=1S/C12H23ClN2O/c1-14-8-3-4-11(10-14)6-9-15(2)12(16)5-7-13/h11H,3-10H2,1-2H3. The Kier molecular flexibility index (Phi) is 6.14. The molecule has 0 aliphatic carbocycles. The molecule has 1 aliphatic heterocycles. The molecular formula is C12H23ClN2O. The zero-order chi connectivity index (χ0) is 12.0. The van der Waals surface area contributed by atoms with Crippen molar-refractivity contribution in [2.24, 2.45) is 5.92 Å². The minimum atomic E-state index is 0.166. The average Bonchev–Trinajstić information content (AvgIpc) is 2.26. The quantitative estimate of drug-likeness (QED) is 0.691. The Morgan fingerprint density at radius 2 is 2.31 bits per heavy atom. The van der Waals surface area contributed by atoms with E-state index in [4.69, 9.17) is 11.6 Å². The van der Waals surface area contributed by atoms with Crippen LogP contribution in [0.2, 0.25) is 0 Å². The maximum atomic E-state index is 11.5. The molecule has 0 bridgehead atoms. The molecule has 1 unspecified atom stereocenters. The predicted octanol–water partition coefficient (Wildman–Crippen LogP) is 1.81. The number of carbonyl (C=O) groups excluding carboxylic acids is 1. The molecular weight excluding hydrogens is 224 g/mol. The zero-order valence-electron chi connectivity index (χ0n) is 10.4. The molecule has 0 aromatic rings. The summed E-state index contributed by atoms with van der Waals surface area (Å²) >= 11 is 5.55. The molecule has 16 heavy (non-hydrogen) atoms. The number of halogens is 1. The van der Waals surface area contributed by atoms with Crippen molar-refractivity contribution in [3.8, 4) is 0 Å². The van der Waals surface area contributed by atoms with Gasteiger partial charge in [0.2, 0.25) is 5.91 Å². The number of hydrogen-bond donors (Lipinski definition) is 0. The van der Waals surface area contributed by atoms with E-state index in [1.54, 1.807) is 0 Å². The first-order valence-corrected chi connectivity index (χ1v) is 6.65. The number of alkyl halides is 1. The molecule has 0 saturated carbocycles. The minimum absolute atomic E-state index is 0.166. The SMILES string of the molecule is CN1CCCC(CCN(C)C(=O)CCCl)C1. The summed E-state index contributed by atoms with van der Waals surface area (Å²) in [5, 5.41) is 0. The van der Waals surface area contributed by atoms with Gasteiger partial charge in [0.05, 0.1) is 0 Å². The van der Waals surface area contributed by atoms with Gasteiger partial charge in [-0.25, -0.2) is 0 Å². The van der Waals surface area contributed by atoms with Gasteiger partial charge in [0.25, 0.3) is 0 Å². The van der Waals surface area contributed by atoms with E-state index >= 15 is 0 Å². The maximum absolute atomic E-state index is 11.5. The Balaban J connectivity index is 2.20. The van der Waals surface area contributed by atoms with E-state index in [1.165, 1.54) is 25.9 Å². The third kappa shape index (κ3) is 4.71. The van der Waals surface area contributed by atoms with E-state index < -0.39 is 0 Å². The Morgan fingerprint density at radius 3 is 2.94 bits per heavy atom. The number of rotatable bonds is 5. The molecule has 94 valence electrons. The first-order valence-electron chi connectivity index (χ1n) is 6.12. The topological polar surface area (TPSA) is 23.6 Å². The molecule has 1 aliphatic rings. The van der Waals surface area contributed by atoms with Gasteiger partial charge in [0.1, 0.15) is 0 Å². The molecule has 1 fully saturated rings. The third-order valence-corrected chi connectivity index (χ3v) is 3.52. The fourth-order valence-corrected chi connectivity index (χ4v) is 2.44. The zero-order valence-corrected chi connectivity index (χ0v) is 11.2. The molecule has 1 rings (SSSR count). The van der Waals surface area contributed by atoms with Crippen molar-refractivity contribution < 1.29 is 4.79 Å². The molecule has 1 amide bonds. The third-order valence-electron chi connectivity index (χ3n) is 3.33. The summed E-state index contributed by atoms with van der Waals surface area (Å²) < 4.78 is 0. The largest absolute Gasteiger partial charge is 0.346 e. The van der Waals surface area contributed by atoms with Crippen LogP contribution in [0.15, 0.2) is 0 Å². The number of carbonyl (C=O) groups is 1. The highest BCUT2D eigenvalue weighted by Gasteiger charge is 2.18. The van der Waals surface area contributed by atoms with Gasteiger partial charge in [-0.2, -0.15) is 0 Å². The van der Waals surface area contributed by atoms with Crippen molar-refractivity contribution in [2.45, 2.75) is 25.7 Å². The monoisotopic (exact) mass is 246 g/mol. The van der Waals surface area contributed by atoms with Crippen LogP contribution in [0.4, 0.5) is 0 Å². The van der Waals surface area contributed by atoms with Crippen LogP contribution in [-0.2, 0) is 4.79 Å². The normalized spacial score (nSPS) is 22.1. The van der Waals surface area contributed by atoms with Gasteiger partial charge in [-0.05, 0) is 38.8 Å². The van der Waals surface area contributed by atoms with E-state index in [-0.39, 0.29) is 5.91 Å². The Bertz CT molecular complexity index is 223. The van der Waals surface area contributed by atoms with E-state index in [0.717, 1.165) is 18.9 Å². The van der Waals surface area contributed by atoms with Crippen LogP contribution >= 0.6 is 11.6 Å². The molecule has 0 spiro atoms. The fourth-order valence-electron chi connectivity index (χ4n) is 2.28. The van der Waals surface area contributed by atoms with Gasteiger partial charge in [0.15, 0.2) is 0 Å². The van der Waals surface area contributed by atoms with E-state index in [0.29, 0.717) is 12.3 Å². The van der Waals surface area contributed by atoms with Crippen molar-refractivity contribution in [1.82, 2.24) is 9.80 Å². The Hall–Kier alpha value is -0.280. The smallest absolute Gasteiger partial charge is 0.223 e. The summed E-state index contributed by atoms with van der Waals surface area (Å²) in [7, 11) is 4.05. The Labute approximate surface area is 104 Å². The first-order chi connectivity index (χ1) is 7.63. The first kappa shape index (κ1) is 13.8. The lowest BCUT2D eigenvalue weighted by molar-refractivity contribution is -0.129. The molecule has 1 saturated heterocycles. The highest BCUT2D eigenvalue weighted by molar-refractivity contribution is 6.18. The van der Waals surface area contributed by atoms with Gasteiger partial charge < -0.3 is 9.80 Å². The van der Waals surface area contributed by atoms with Gasteiger partial charge in [-0.15, -0.1) is 11.6 Å². The van der Waals surface area contributed by atoms with Crippen LogP contribution in [0.3, 0.4) is 0 Å². The van der Waals surface area contributed by atoms with Crippen LogP contribution in [0.1, 0.15) is 25.7 Å². The van der Waals surface area contributed by atoms with Crippen LogP contribution in [0.25, 0.3) is 0 Å². The number of nitrogens with zero attached hydrogens (tertiary/aromatic N) is 2. The maximum Gasteiger partial charge on any atom is 0.223 e. The lowest BCUT2D eigenvalue weighted by Crippen LogP contribution is -2.35. The van der Waals surface area contributed by atoms with Crippen LogP contribution in [0, 0.1) is 5.92 Å². The van der Waals surface area contributed by atoms with Crippen molar-refractivity contribution in [2.75, 3.05) is 39.6 Å². The van der Waals surface area contributed by atoms with Crippen LogP contribution < -0.4 is 0 Å². The summed E-state index contributed by atoms with van der Waals surface area (Å²) in [6, 6.07) is 0. The second-order valence-corrected chi connectivity index (χ2v) is 5.19. The van der Waals surface area contributed by atoms with Crippen molar-refractivity contribution in [3.05, 3.63) is 0 Å². The Morgan fingerprint density at radius 1 is 1.56 bits per heavy atom. The number of hydrogen-bond acceptors (Lipinski definition) is 2. The number of amides is 1. The average molecular weight is 247 g/mol. The van der Waals surface area contributed by atoms with Gasteiger partial charge in [0, 0.05) is 32.4 Å². The van der Waals surface area contributed by atoms with E-state index in [1.807, 2.05) is 11.9 Å². The summed E-state index contributed by atoms with van der Waals surface area (Å²) in [5.74, 6) is 1.35. The number of likely N-dealkylation sites (tertiary alicyclic amines) is 1. The second-order valence-electron chi connectivity index (χ2n) is 4.81. The van der Waals surface area contributed by atoms with Gasteiger partial charge in [-0.3, -0.25) is 4.79 Å². The van der Waals surface area contributed by atoms with E-state index in [2.05, 4.69) is 11.9 Å². The number of piperidine rings is 1. The van der Waals surface area contributed by atoms with Crippen LogP contribution in [-0.4, -0.2) is 55.3 Å². The molecule has 1 atom stereocenters. The summed E-state index contributed by atoms with van der Waals surface area (Å²) in [6.07, 6.45) is 4.18. The highest BCUT2D eigenvalue weighted by Crippen LogP contribution is 2.18. The molecule has 0 aromatic carbocycles. The lowest BCUT2D eigenvalue weighted by atomic mass is 9.95. The minimum Gasteiger partial charge on any atom is -0.346 e. The van der Waals surface area contributed by atoms with Gasteiger partial charge in [-0.1, -0.05) is 0 Å². The summed E-state index contributed by atoms with van der Waals surface area (Å²) in [5.41, 5.74) is 0. The molecule has 0 aromatic heterocycles. The van der Waals surface area contributed by atoms with Crippen LogP contribution in [0.5, 0.6) is 0 Å². The van der Waals surface area contributed by atoms with Crippen molar-refractivity contribution in [3.63, 3.8) is 0 Å². The van der Waals surface area contributed by atoms with E-state index in [9.17, 15) is 4.79 Å². The molecule has 0 N–H and O–H groups in total. The molecule has 3 nitrogen and oxygen atoms in total. The summed E-state index contributed by atoms with van der Waals surface area (Å²) in [6.45, 7) is 3.27. The van der Waals surface area contributed by atoms with Crippen molar-refractivity contribution in [1.29, 1.82) is 0 Å². The molecule has 0 radical (unpaired) electrons. The second kappa shape index (κ2) is 7.13. The lowest BCUT2D eigenvalue weighted by Gasteiger charge is -2.30. The molecule has 4 heteroatoms. The fraction of sp³-hybridized carbons (Fsp3) is 0.917. The highest BCUT2D eigenvalue weighted by atomic mass is 35.5. The van der Waals surface area contributed by atoms with Gasteiger partial charge >= 0.3 is 0 Å². The molecule has 1 heterocycles. The predicted molar refractivity (Wildman–Crippen MR) is 67.8 cm³/mol. The van der Waals surface area contributed by atoms with Crippen molar-refractivity contribution >= 4 is 17.5 Å². The summed E-state index contributed by atoms with van der Waals surface area (Å²) in [4.78, 5) is 15.7.